The fourth-order valence-corrected chi connectivity index (χ4v) is 2.87. The van der Waals surface area contributed by atoms with Crippen molar-refractivity contribution in [2.75, 3.05) is 6.54 Å². The lowest BCUT2D eigenvalue weighted by atomic mass is 10.0. The molecule has 1 aliphatic rings. The summed E-state index contributed by atoms with van der Waals surface area (Å²) in [6.45, 7) is 7.39. The normalized spacial score (nSPS) is 15.7. The first-order valence-electron chi connectivity index (χ1n) is 8.73. The molecule has 0 radical (unpaired) electrons. The predicted molar refractivity (Wildman–Crippen MR) is 94.4 cm³/mol. The maximum Gasteiger partial charge on any atom is 0.330 e. The van der Waals surface area contributed by atoms with Crippen molar-refractivity contribution in [3.8, 4) is 0 Å². The molecule has 1 heterocycles. The Bertz CT molecular complexity index is 693. The van der Waals surface area contributed by atoms with Crippen molar-refractivity contribution in [3.05, 3.63) is 35.4 Å². The van der Waals surface area contributed by atoms with Crippen molar-refractivity contribution < 1.29 is 23.9 Å². The number of hydrogen-bond donors (Lipinski definition) is 1. The molecule has 1 aliphatic heterocycles. The van der Waals surface area contributed by atoms with Crippen molar-refractivity contribution in [1.29, 1.82) is 0 Å². The minimum absolute atomic E-state index is 0.0386. The van der Waals surface area contributed by atoms with Crippen LogP contribution in [0, 0.1) is 5.92 Å². The second-order valence-corrected chi connectivity index (χ2v) is 6.64. The van der Waals surface area contributed by atoms with Gasteiger partial charge < -0.3 is 10.1 Å². The summed E-state index contributed by atoms with van der Waals surface area (Å²) in [5, 5.41) is 2.57. The van der Waals surface area contributed by atoms with Crippen LogP contribution in [0.1, 0.15) is 54.8 Å². The van der Waals surface area contributed by atoms with Crippen molar-refractivity contribution in [3.63, 3.8) is 0 Å². The molecular formula is C19H24N2O5. The fraction of sp³-hybridized carbons (Fsp3) is 0.474. The Morgan fingerprint density at radius 1 is 1.08 bits per heavy atom. The summed E-state index contributed by atoms with van der Waals surface area (Å²) >= 11 is 0. The van der Waals surface area contributed by atoms with Crippen LogP contribution >= 0.6 is 0 Å². The molecule has 0 bridgehead atoms. The molecule has 26 heavy (non-hydrogen) atoms. The molecule has 0 aromatic heterocycles. The van der Waals surface area contributed by atoms with Crippen molar-refractivity contribution >= 4 is 23.7 Å². The van der Waals surface area contributed by atoms with Crippen molar-refractivity contribution in [2.24, 2.45) is 5.92 Å². The summed E-state index contributed by atoms with van der Waals surface area (Å²) in [4.78, 5) is 50.8. The van der Waals surface area contributed by atoms with Gasteiger partial charge in [0.15, 0.2) is 6.10 Å². The van der Waals surface area contributed by atoms with Gasteiger partial charge in [0.1, 0.15) is 6.04 Å². The first kappa shape index (κ1) is 19.6. The van der Waals surface area contributed by atoms with Crippen LogP contribution in [0.5, 0.6) is 0 Å². The number of benzene rings is 1. The molecule has 140 valence electrons. The van der Waals surface area contributed by atoms with Crippen LogP contribution in [0.3, 0.4) is 0 Å². The molecule has 1 N–H and O–H groups in total. The number of nitrogens with one attached hydrogen (secondary N) is 1. The molecule has 0 fully saturated rings. The Hall–Kier alpha value is -2.70. The molecule has 1 aromatic carbocycles. The lowest BCUT2D eigenvalue weighted by Gasteiger charge is -2.27. The summed E-state index contributed by atoms with van der Waals surface area (Å²) in [5.74, 6) is -2.17. The zero-order valence-corrected chi connectivity index (χ0v) is 15.4. The molecule has 2 rings (SSSR count). The van der Waals surface area contributed by atoms with Crippen LogP contribution in [-0.4, -0.2) is 47.3 Å². The van der Waals surface area contributed by atoms with Gasteiger partial charge in [-0.3, -0.25) is 19.3 Å². The monoisotopic (exact) mass is 360 g/mol. The number of fused-ring (bicyclic) bond motifs is 1. The Morgan fingerprint density at radius 2 is 1.62 bits per heavy atom. The first-order valence-corrected chi connectivity index (χ1v) is 8.73. The van der Waals surface area contributed by atoms with E-state index in [1.165, 1.54) is 6.92 Å². The van der Waals surface area contributed by atoms with Crippen LogP contribution in [-0.2, 0) is 14.3 Å². The first-order chi connectivity index (χ1) is 12.3. The molecule has 0 unspecified atom stereocenters. The van der Waals surface area contributed by atoms with E-state index in [4.69, 9.17) is 4.74 Å². The molecule has 3 amide bonds. The second kappa shape index (κ2) is 8.12. The summed E-state index contributed by atoms with van der Waals surface area (Å²) in [5.41, 5.74) is 0.548. The predicted octanol–water partition coefficient (Wildman–Crippen LogP) is 1.77. The van der Waals surface area contributed by atoms with E-state index < -0.39 is 35.8 Å². The molecule has 0 saturated heterocycles. The number of carbonyl (C=O) groups is 4. The highest BCUT2D eigenvalue weighted by Gasteiger charge is 2.44. The minimum atomic E-state index is -1.07. The maximum absolute atomic E-state index is 12.7. The number of ether oxygens (including phenoxy) is 1. The van der Waals surface area contributed by atoms with Gasteiger partial charge in [0, 0.05) is 6.54 Å². The summed E-state index contributed by atoms with van der Waals surface area (Å²) in [6.07, 6.45) is -0.751. The van der Waals surface area contributed by atoms with E-state index in [1.54, 1.807) is 31.2 Å². The van der Waals surface area contributed by atoms with E-state index >= 15 is 0 Å². The van der Waals surface area contributed by atoms with Crippen LogP contribution in [0.25, 0.3) is 0 Å². The zero-order valence-electron chi connectivity index (χ0n) is 15.4. The average molecular weight is 360 g/mol. The van der Waals surface area contributed by atoms with Gasteiger partial charge in [0.25, 0.3) is 17.7 Å². The van der Waals surface area contributed by atoms with Gasteiger partial charge >= 0.3 is 5.97 Å². The Balaban J connectivity index is 2.25. The third kappa shape index (κ3) is 3.92. The Kier molecular flexibility index (Phi) is 6.13. The number of rotatable bonds is 7. The number of likely N-dealkylation sites (N-methyl/N-ethyl adjacent to an activating group) is 1. The van der Waals surface area contributed by atoms with E-state index in [2.05, 4.69) is 5.32 Å². The third-order valence-electron chi connectivity index (χ3n) is 4.12. The van der Waals surface area contributed by atoms with Gasteiger partial charge in [-0.1, -0.05) is 26.0 Å². The van der Waals surface area contributed by atoms with E-state index in [-0.39, 0.29) is 23.5 Å². The fourth-order valence-electron chi connectivity index (χ4n) is 2.87. The summed E-state index contributed by atoms with van der Waals surface area (Å²) < 4.78 is 5.24. The molecule has 0 spiro atoms. The number of carbonyl (C=O) groups excluding carboxylic acids is 4. The lowest BCUT2D eigenvalue weighted by molar-refractivity contribution is -0.158. The molecule has 0 aliphatic carbocycles. The van der Waals surface area contributed by atoms with Crippen molar-refractivity contribution in [2.45, 2.75) is 46.3 Å². The smallest absolute Gasteiger partial charge is 0.330 e. The number of amides is 3. The van der Waals surface area contributed by atoms with Crippen LogP contribution in [0.4, 0.5) is 0 Å². The van der Waals surface area contributed by atoms with E-state index in [9.17, 15) is 19.2 Å². The molecule has 1 aromatic rings. The largest absolute Gasteiger partial charge is 0.451 e. The quantitative estimate of drug-likeness (QED) is 0.591. The molecule has 0 saturated carbocycles. The maximum atomic E-state index is 12.7. The summed E-state index contributed by atoms with van der Waals surface area (Å²) in [6, 6.07) is 5.38. The molecule has 2 atom stereocenters. The average Bonchev–Trinajstić information content (AvgIpc) is 2.84. The highest BCUT2D eigenvalue weighted by Crippen LogP contribution is 2.27. The van der Waals surface area contributed by atoms with Gasteiger partial charge in [0.05, 0.1) is 11.1 Å². The Labute approximate surface area is 152 Å². The van der Waals surface area contributed by atoms with E-state index in [1.807, 2.05) is 13.8 Å². The zero-order chi connectivity index (χ0) is 19.4. The van der Waals surface area contributed by atoms with Gasteiger partial charge in [-0.2, -0.15) is 0 Å². The van der Waals surface area contributed by atoms with E-state index in [0.717, 1.165) is 4.90 Å². The lowest BCUT2D eigenvalue weighted by Crippen LogP contribution is -2.48. The van der Waals surface area contributed by atoms with Gasteiger partial charge in [-0.05, 0) is 38.3 Å². The van der Waals surface area contributed by atoms with Crippen molar-refractivity contribution in [1.82, 2.24) is 10.2 Å². The number of nitrogens with zero attached hydrogens (tertiary/aromatic N) is 1. The SMILES string of the molecule is CCNC(=O)[C@H](C)OC(=O)[C@H](CC(C)C)N1C(=O)c2ccccc2C1=O. The molecular weight excluding hydrogens is 336 g/mol. The number of esters is 1. The van der Waals surface area contributed by atoms with Gasteiger partial charge in [0.2, 0.25) is 0 Å². The number of imide groups is 1. The topological polar surface area (TPSA) is 92.8 Å². The standard InChI is InChI=1S/C19H24N2O5/c1-5-20-16(22)12(4)26-19(25)15(10-11(2)3)21-17(23)13-8-6-7-9-14(13)18(21)24/h6-9,11-12,15H,5,10H2,1-4H3,(H,20,22)/t12-,15-/m0/s1. The Morgan fingerprint density at radius 3 is 2.08 bits per heavy atom. The van der Waals surface area contributed by atoms with Crippen LogP contribution in [0.2, 0.25) is 0 Å². The van der Waals surface area contributed by atoms with Gasteiger partial charge in [-0.25, -0.2) is 4.79 Å². The highest BCUT2D eigenvalue weighted by atomic mass is 16.5. The minimum Gasteiger partial charge on any atom is -0.451 e. The summed E-state index contributed by atoms with van der Waals surface area (Å²) in [7, 11) is 0. The molecule has 7 heteroatoms. The van der Waals surface area contributed by atoms with E-state index in [0.29, 0.717) is 6.54 Å². The number of hydrogen-bond acceptors (Lipinski definition) is 5. The van der Waals surface area contributed by atoms with Crippen LogP contribution < -0.4 is 5.32 Å². The third-order valence-corrected chi connectivity index (χ3v) is 4.12. The van der Waals surface area contributed by atoms with Gasteiger partial charge in [-0.15, -0.1) is 0 Å². The molecule has 7 nitrogen and oxygen atoms in total. The highest BCUT2D eigenvalue weighted by molar-refractivity contribution is 6.22. The van der Waals surface area contributed by atoms with Crippen LogP contribution in [0.15, 0.2) is 24.3 Å². The second-order valence-electron chi connectivity index (χ2n) is 6.64.